The molecule has 2 amide bonds. The van der Waals surface area contributed by atoms with Crippen molar-refractivity contribution < 1.29 is 29.0 Å². The van der Waals surface area contributed by atoms with Crippen LogP contribution >= 0.6 is 0 Å². The number of fused-ring (bicyclic) bond motifs is 2. The van der Waals surface area contributed by atoms with Crippen molar-refractivity contribution in [2.24, 2.45) is 0 Å². The normalized spacial score (nSPS) is 14.9. The van der Waals surface area contributed by atoms with E-state index in [1.807, 2.05) is 0 Å². The first kappa shape index (κ1) is 14.3. The predicted octanol–water partition coefficient (Wildman–Crippen LogP) is 0.575. The van der Waals surface area contributed by atoms with Gasteiger partial charge >= 0.3 is 0 Å². The molecular formula is C17H10NO6-. The van der Waals surface area contributed by atoms with Crippen molar-refractivity contribution in [3.63, 3.8) is 0 Å². The smallest absolute Gasteiger partial charge is 0.261 e. The van der Waals surface area contributed by atoms with E-state index in [4.69, 9.17) is 9.47 Å². The molecule has 0 spiro atoms. The van der Waals surface area contributed by atoms with E-state index in [1.165, 1.54) is 18.2 Å². The first-order valence-corrected chi connectivity index (χ1v) is 7.15. The number of aromatic carboxylic acids is 1. The van der Waals surface area contributed by atoms with Crippen LogP contribution in [0, 0.1) is 0 Å². The summed E-state index contributed by atoms with van der Waals surface area (Å²) in [5.74, 6) is -1.22. The molecule has 0 saturated heterocycles. The molecule has 120 valence electrons. The third-order valence-electron chi connectivity index (χ3n) is 3.98. The summed E-state index contributed by atoms with van der Waals surface area (Å²) in [5.41, 5.74) is 0.821. The second-order valence-corrected chi connectivity index (χ2v) is 5.43. The fourth-order valence-corrected chi connectivity index (χ4v) is 2.78. The fourth-order valence-electron chi connectivity index (χ4n) is 2.78. The van der Waals surface area contributed by atoms with Gasteiger partial charge in [0.2, 0.25) is 6.79 Å². The van der Waals surface area contributed by atoms with E-state index in [0.717, 1.165) is 4.90 Å². The Balaban J connectivity index is 1.64. The summed E-state index contributed by atoms with van der Waals surface area (Å²) in [4.78, 5) is 36.9. The lowest BCUT2D eigenvalue weighted by Crippen LogP contribution is -2.29. The number of carboxylic acid groups (broad SMARTS) is 1. The van der Waals surface area contributed by atoms with E-state index >= 15 is 0 Å². The molecule has 7 nitrogen and oxygen atoms in total. The standard InChI is InChI=1S/C17H11NO6/c19-15-11-3-2-10(17(21)22)6-12(11)16(20)18(15)7-9-1-4-13-14(5-9)24-8-23-13/h1-6H,7-8H2,(H,21,22)/p-1. The van der Waals surface area contributed by atoms with Gasteiger partial charge in [-0.25, -0.2) is 0 Å². The van der Waals surface area contributed by atoms with Gasteiger partial charge in [0.1, 0.15) is 0 Å². The van der Waals surface area contributed by atoms with Crippen LogP contribution in [0.15, 0.2) is 36.4 Å². The molecule has 7 heteroatoms. The van der Waals surface area contributed by atoms with Crippen molar-refractivity contribution in [1.82, 2.24) is 4.90 Å². The minimum absolute atomic E-state index is 0.0592. The summed E-state index contributed by atoms with van der Waals surface area (Å²) in [6, 6.07) is 8.92. The van der Waals surface area contributed by atoms with Crippen LogP contribution in [0.25, 0.3) is 0 Å². The van der Waals surface area contributed by atoms with Crippen molar-refractivity contribution >= 4 is 17.8 Å². The molecule has 2 aromatic rings. The largest absolute Gasteiger partial charge is 0.545 e. The fraction of sp³-hybridized carbons (Fsp3) is 0.118. The highest BCUT2D eigenvalue weighted by atomic mass is 16.7. The number of carbonyl (C=O) groups is 3. The number of benzene rings is 2. The summed E-state index contributed by atoms with van der Waals surface area (Å²) >= 11 is 0. The number of hydrogen-bond donors (Lipinski definition) is 0. The summed E-state index contributed by atoms with van der Waals surface area (Å²) in [6.45, 7) is 0.196. The Bertz CT molecular complexity index is 904. The molecule has 0 aromatic heterocycles. The van der Waals surface area contributed by atoms with Gasteiger partial charge in [-0.2, -0.15) is 0 Å². The minimum Gasteiger partial charge on any atom is -0.545 e. The zero-order valence-corrected chi connectivity index (χ0v) is 12.3. The number of nitrogens with zero attached hydrogens (tertiary/aromatic N) is 1. The van der Waals surface area contributed by atoms with Crippen LogP contribution < -0.4 is 14.6 Å². The molecule has 0 unspecified atom stereocenters. The molecule has 4 rings (SSSR count). The van der Waals surface area contributed by atoms with Gasteiger partial charge in [0.05, 0.1) is 23.6 Å². The van der Waals surface area contributed by atoms with Gasteiger partial charge in [0.25, 0.3) is 11.8 Å². The van der Waals surface area contributed by atoms with Crippen LogP contribution in [0.3, 0.4) is 0 Å². The van der Waals surface area contributed by atoms with Crippen molar-refractivity contribution in [3.8, 4) is 11.5 Å². The number of carbonyl (C=O) groups excluding carboxylic acids is 3. The Kier molecular flexibility index (Phi) is 3.02. The lowest BCUT2D eigenvalue weighted by atomic mass is 10.1. The van der Waals surface area contributed by atoms with Gasteiger partial charge in [0.15, 0.2) is 11.5 Å². The quantitative estimate of drug-likeness (QED) is 0.766. The van der Waals surface area contributed by atoms with Gasteiger partial charge < -0.3 is 19.4 Å². The Labute approximate surface area is 136 Å². The van der Waals surface area contributed by atoms with E-state index in [-0.39, 0.29) is 30.0 Å². The molecule has 2 aliphatic heterocycles. The second-order valence-electron chi connectivity index (χ2n) is 5.43. The summed E-state index contributed by atoms with van der Waals surface area (Å²) in [6.07, 6.45) is 0. The average Bonchev–Trinajstić information content (AvgIpc) is 3.13. The molecule has 24 heavy (non-hydrogen) atoms. The van der Waals surface area contributed by atoms with Crippen LogP contribution in [0.2, 0.25) is 0 Å². The number of rotatable bonds is 3. The van der Waals surface area contributed by atoms with Crippen molar-refractivity contribution in [3.05, 3.63) is 58.7 Å². The van der Waals surface area contributed by atoms with Crippen LogP contribution in [-0.4, -0.2) is 29.5 Å². The van der Waals surface area contributed by atoms with Crippen molar-refractivity contribution in [1.29, 1.82) is 0 Å². The Morgan fingerprint density at radius 3 is 2.54 bits per heavy atom. The van der Waals surface area contributed by atoms with Crippen molar-refractivity contribution in [2.75, 3.05) is 6.79 Å². The first-order valence-electron chi connectivity index (χ1n) is 7.15. The van der Waals surface area contributed by atoms with Crippen LogP contribution in [0.5, 0.6) is 11.5 Å². The summed E-state index contributed by atoms with van der Waals surface area (Å²) in [5, 5.41) is 10.9. The van der Waals surface area contributed by atoms with E-state index in [2.05, 4.69) is 0 Å². The molecule has 0 saturated carbocycles. The third kappa shape index (κ3) is 2.10. The summed E-state index contributed by atoms with van der Waals surface area (Å²) in [7, 11) is 0. The molecule has 2 aliphatic rings. The first-order chi connectivity index (χ1) is 11.5. The lowest BCUT2D eigenvalue weighted by molar-refractivity contribution is -0.255. The highest BCUT2D eigenvalue weighted by molar-refractivity contribution is 6.21. The average molecular weight is 324 g/mol. The number of hydrogen-bond acceptors (Lipinski definition) is 6. The van der Waals surface area contributed by atoms with Crippen LogP contribution in [0.1, 0.15) is 36.6 Å². The molecule has 0 N–H and O–H groups in total. The molecule has 0 aliphatic carbocycles. The molecule has 0 atom stereocenters. The predicted molar refractivity (Wildman–Crippen MR) is 77.5 cm³/mol. The van der Waals surface area contributed by atoms with E-state index in [1.54, 1.807) is 18.2 Å². The molecule has 0 fully saturated rings. The highest BCUT2D eigenvalue weighted by Gasteiger charge is 2.35. The SMILES string of the molecule is O=C([O-])c1ccc2c(c1)C(=O)N(Cc1ccc3c(c1)OCO3)C2=O. The van der Waals surface area contributed by atoms with Gasteiger partial charge in [-0.05, 0) is 35.4 Å². The Morgan fingerprint density at radius 2 is 1.75 bits per heavy atom. The van der Waals surface area contributed by atoms with Gasteiger partial charge in [-0.3, -0.25) is 14.5 Å². The highest BCUT2D eigenvalue weighted by Crippen LogP contribution is 2.33. The molecule has 2 heterocycles. The van der Waals surface area contributed by atoms with Gasteiger partial charge in [-0.1, -0.05) is 12.1 Å². The molecule has 0 bridgehead atoms. The van der Waals surface area contributed by atoms with E-state index in [0.29, 0.717) is 17.1 Å². The van der Waals surface area contributed by atoms with Crippen molar-refractivity contribution in [2.45, 2.75) is 6.54 Å². The van der Waals surface area contributed by atoms with Gasteiger partial charge in [-0.15, -0.1) is 0 Å². The number of imide groups is 1. The second kappa shape index (κ2) is 5.09. The maximum Gasteiger partial charge on any atom is 0.261 e. The third-order valence-corrected chi connectivity index (χ3v) is 3.98. The van der Waals surface area contributed by atoms with E-state index < -0.39 is 17.8 Å². The summed E-state index contributed by atoms with van der Waals surface area (Å²) < 4.78 is 10.5. The Morgan fingerprint density at radius 1 is 1.00 bits per heavy atom. The molecular weight excluding hydrogens is 314 g/mol. The Hall–Kier alpha value is -3.35. The van der Waals surface area contributed by atoms with Gasteiger partial charge in [0, 0.05) is 0 Å². The number of amides is 2. The maximum absolute atomic E-state index is 12.5. The number of ether oxygens (including phenoxy) is 2. The van der Waals surface area contributed by atoms with Crippen LogP contribution in [0.4, 0.5) is 0 Å². The minimum atomic E-state index is -1.40. The zero-order valence-electron chi connectivity index (χ0n) is 12.3. The molecule has 2 aromatic carbocycles. The van der Waals surface area contributed by atoms with E-state index in [9.17, 15) is 19.5 Å². The topological polar surface area (TPSA) is 96.0 Å². The zero-order chi connectivity index (χ0) is 16.8. The number of carboxylic acids is 1. The maximum atomic E-state index is 12.5. The lowest BCUT2D eigenvalue weighted by Gasteiger charge is -2.14. The monoisotopic (exact) mass is 324 g/mol. The molecule has 0 radical (unpaired) electrons. The van der Waals surface area contributed by atoms with Crippen LogP contribution in [-0.2, 0) is 6.54 Å².